The third kappa shape index (κ3) is 3.91. The van der Waals surface area contributed by atoms with Crippen LogP contribution in [0, 0.1) is 5.41 Å². The molecular formula is C30H36N2O5S. The van der Waals surface area contributed by atoms with Crippen molar-refractivity contribution in [3.63, 3.8) is 0 Å². The van der Waals surface area contributed by atoms with Crippen molar-refractivity contribution >= 4 is 22.0 Å². The quantitative estimate of drug-likeness (QED) is 0.440. The summed E-state index contributed by atoms with van der Waals surface area (Å²) in [6.07, 6.45) is 13.6. The number of hydrogen-bond acceptors (Lipinski definition) is 5. The molecular weight excluding hydrogens is 500 g/mol. The highest BCUT2D eigenvalue weighted by atomic mass is 32.2. The Bertz CT molecular complexity index is 1370. The van der Waals surface area contributed by atoms with Gasteiger partial charge in [-0.05, 0) is 82.1 Å². The van der Waals surface area contributed by atoms with Gasteiger partial charge in [-0.15, -0.1) is 0 Å². The Labute approximate surface area is 224 Å². The Hall–Kier alpha value is -2.68. The zero-order valence-electron chi connectivity index (χ0n) is 21.9. The summed E-state index contributed by atoms with van der Waals surface area (Å²) in [5, 5.41) is 12.6. The molecule has 2 heterocycles. The van der Waals surface area contributed by atoms with Gasteiger partial charge in [-0.3, -0.25) is 4.79 Å². The van der Waals surface area contributed by atoms with E-state index in [0.717, 1.165) is 31.2 Å². The van der Waals surface area contributed by atoms with Gasteiger partial charge in [-0.25, -0.2) is 8.42 Å². The maximum atomic E-state index is 13.8. The number of aliphatic hydroxyl groups is 1. The average Bonchev–Trinajstić information content (AvgIpc) is 3.45. The standard InChI is InChI=1S/C30H36N2O5S/c1-31(28(33)12-11-22-14-18-37-21-22)24-13-15-30(34)27-19-23-7-5-6-10-26(23)29(30,20-24)16-17-32(27)38(35,36)25-8-3-2-4-9-25/h2-4,8-9,11-12,14,18,21,24,27,34H,5-7,10,13,15-17,19-20H2,1H3/b12-11+/t24-,27+,29+,30+/m0/s1. The second kappa shape index (κ2) is 9.50. The second-order valence-electron chi connectivity index (χ2n) is 11.4. The maximum absolute atomic E-state index is 13.8. The summed E-state index contributed by atoms with van der Waals surface area (Å²) in [5.74, 6) is -0.0765. The third-order valence-electron chi connectivity index (χ3n) is 9.74. The van der Waals surface area contributed by atoms with Gasteiger partial charge in [0.1, 0.15) is 0 Å². The van der Waals surface area contributed by atoms with Crippen LogP contribution in [-0.4, -0.2) is 59.9 Å². The normalized spacial score (nSPS) is 31.6. The van der Waals surface area contributed by atoms with E-state index in [4.69, 9.17) is 4.42 Å². The van der Waals surface area contributed by atoms with Crippen LogP contribution in [0.25, 0.3) is 6.08 Å². The molecule has 7 nitrogen and oxygen atoms in total. The molecule has 4 aliphatic rings. The second-order valence-corrected chi connectivity index (χ2v) is 13.3. The number of furan rings is 1. The minimum absolute atomic E-state index is 0.0246. The molecule has 0 unspecified atom stereocenters. The Morgan fingerprint density at radius 3 is 2.71 bits per heavy atom. The lowest BCUT2D eigenvalue weighted by atomic mass is 9.47. The monoisotopic (exact) mass is 536 g/mol. The van der Waals surface area contributed by atoms with E-state index >= 15 is 0 Å². The van der Waals surface area contributed by atoms with E-state index in [0.29, 0.717) is 38.6 Å². The first kappa shape index (κ1) is 25.6. The number of amides is 1. The zero-order valence-corrected chi connectivity index (χ0v) is 22.7. The van der Waals surface area contributed by atoms with Gasteiger partial charge in [0.25, 0.3) is 0 Å². The number of hydrogen-bond donors (Lipinski definition) is 1. The number of carbonyl (C=O) groups is 1. The lowest BCUT2D eigenvalue weighted by molar-refractivity contribution is -0.183. The predicted octanol–water partition coefficient (Wildman–Crippen LogP) is 4.76. The summed E-state index contributed by atoms with van der Waals surface area (Å²) in [6.45, 7) is 0.381. The van der Waals surface area contributed by atoms with Crippen LogP contribution >= 0.6 is 0 Å². The number of likely N-dealkylation sites (N-methyl/N-ethyl adjacent to an activating group) is 1. The van der Waals surface area contributed by atoms with Crippen LogP contribution in [0.15, 0.2) is 75.5 Å². The fraction of sp³-hybridized carbons (Fsp3) is 0.500. The van der Waals surface area contributed by atoms with E-state index in [1.807, 2.05) is 18.0 Å². The van der Waals surface area contributed by atoms with E-state index in [1.54, 1.807) is 59.3 Å². The fourth-order valence-electron chi connectivity index (χ4n) is 7.80. The predicted molar refractivity (Wildman–Crippen MR) is 144 cm³/mol. The van der Waals surface area contributed by atoms with Crippen molar-refractivity contribution in [3.05, 3.63) is 71.7 Å². The first-order valence-electron chi connectivity index (χ1n) is 13.7. The molecule has 4 atom stereocenters. The molecule has 0 radical (unpaired) electrons. The topological polar surface area (TPSA) is 91.1 Å². The van der Waals surface area contributed by atoms with Crippen molar-refractivity contribution in [2.75, 3.05) is 13.6 Å². The zero-order chi connectivity index (χ0) is 26.5. The van der Waals surface area contributed by atoms with Gasteiger partial charge in [-0.1, -0.05) is 29.3 Å². The molecule has 38 heavy (non-hydrogen) atoms. The summed E-state index contributed by atoms with van der Waals surface area (Å²) in [6, 6.07) is 9.89. The lowest BCUT2D eigenvalue weighted by Crippen LogP contribution is -2.72. The van der Waals surface area contributed by atoms with E-state index in [9.17, 15) is 18.3 Å². The van der Waals surface area contributed by atoms with Crippen molar-refractivity contribution in [2.45, 2.75) is 80.4 Å². The molecule has 8 heteroatoms. The number of nitrogens with zero attached hydrogens (tertiary/aromatic N) is 2. The number of piperidine rings is 1. The largest absolute Gasteiger partial charge is 0.472 e. The van der Waals surface area contributed by atoms with Crippen molar-refractivity contribution in [1.29, 1.82) is 0 Å². The van der Waals surface area contributed by atoms with Crippen molar-refractivity contribution < 1.29 is 22.7 Å². The highest BCUT2D eigenvalue weighted by Gasteiger charge is 2.67. The molecule has 3 aliphatic carbocycles. The smallest absolute Gasteiger partial charge is 0.246 e. The summed E-state index contributed by atoms with van der Waals surface area (Å²) in [4.78, 5) is 15.2. The van der Waals surface area contributed by atoms with Crippen LogP contribution in [0.5, 0.6) is 0 Å². The first-order chi connectivity index (χ1) is 18.3. The van der Waals surface area contributed by atoms with Gasteiger partial charge >= 0.3 is 0 Å². The van der Waals surface area contributed by atoms with Crippen LogP contribution in [0.4, 0.5) is 0 Å². The molecule has 1 saturated heterocycles. The van der Waals surface area contributed by atoms with E-state index in [1.165, 1.54) is 11.1 Å². The van der Waals surface area contributed by atoms with Crippen LogP contribution in [0.2, 0.25) is 0 Å². The minimum atomic E-state index is -3.75. The minimum Gasteiger partial charge on any atom is -0.472 e. The van der Waals surface area contributed by atoms with E-state index in [2.05, 4.69) is 0 Å². The summed E-state index contributed by atoms with van der Waals surface area (Å²) in [7, 11) is -1.90. The third-order valence-corrected chi connectivity index (χ3v) is 11.7. The fourth-order valence-corrected chi connectivity index (χ4v) is 9.48. The number of sulfonamides is 1. The molecule has 1 aliphatic heterocycles. The number of rotatable bonds is 5. The molecule has 2 fully saturated rings. The number of carbonyl (C=O) groups excluding carboxylic acids is 1. The van der Waals surface area contributed by atoms with Gasteiger partial charge < -0.3 is 14.4 Å². The molecule has 2 aromatic rings. The molecule has 2 bridgehead atoms. The van der Waals surface area contributed by atoms with Gasteiger partial charge in [0.15, 0.2) is 0 Å². The summed E-state index contributed by atoms with van der Waals surface area (Å²) in [5.41, 5.74) is 1.89. The maximum Gasteiger partial charge on any atom is 0.246 e. The highest BCUT2D eigenvalue weighted by molar-refractivity contribution is 7.89. The lowest BCUT2D eigenvalue weighted by Gasteiger charge is -2.65. The Morgan fingerprint density at radius 1 is 1.16 bits per heavy atom. The molecule has 6 rings (SSSR count). The van der Waals surface area contributed by atoms with Gasteiger partial charge in [-0.2, -0.15) is 4.31 Å². The van der Waals surface area contributed by atoms with E-state index < -0.39 is 27.1 Å². The number of benzene rings is 1. The molecule has 202 valence electrons. The molecule has 1 aromatic heterocycles. The van der Waals surface area contributed by atoms with Crippen LogP contribution in [0.3, 0.4) is 0 Å². The Morgan fingerprint density at radius 2 is 1.95 bits per heavy atom. The molecule has 1 N–H and O–H groups in total. The van der Waals surface area contributed by atoms with Crippen LogP contribution < -0.4 is 0 Å². The molecule has 1 aromatic carbocycles. The van der Waals surface area contributed by atoms with Gasteiger partial charge in [0.05, 0.1) is 29.1 Å². The highest BCUT2D eigenvalue weighted by Crippen LogP contribution is 2.64. The van der Waals surface area contributed by atoms with Gasteiger partial charge in [0.2, 0.25) is 15.9 Å². The van der Waals surface area contributed by atoms with E-state index in [-0.39, 0.29) is 16.8 Å². The summed E-state index contributed by atoms with van der Waals surface area (Å²) >= 11 is 0. The van der Waals surface area contributed by atoms with Gasteiger partial charge in [0, 0.05) is 36.7 Å². The Kier molecular flexibility index (Phi) is 6.40. The van der Waals surface area contributed by atoms with Crippen molar-refractivity contribution in [3.8, 4) is 0 Å². The summed E-state index contributed by atoms with van der Waals surface area (Å²) < 4.78 is 34.3. The molecule has 1 saturated carbocycles. The average molecular weight is 537 g/mol. The van der Waals surface area contributed by atoms with Crippen molar-refractivity contribution in [2.24, 2.45) is 5.41 Å². The first-order valence-corrected chi connectivity index (χ1v) is 15.2. The van der Waals surface area contributed by atoms with Crippen molar-refractivity contribution in [1.82, 2.24) is 9.21 Å². The molecule has 1 amide bonds. The Balaban J connectivity index is 1.34. The van der Waals surface area contributed by atoms with Crippen LogP contribution in [0.1, 0.15) is 63.4 Å². The molecule has 0 spiro atoms. The SMILES string of the molecule is CN(C(=O)/C=C/c1ccoc1)[C@H]1CC[C@@]2(O)[C@H]3CC4=C(CCCC4)[C@@]2(CCN3S(=O)(=O)c2ccccc2)C1. The van der Waals surface area contributed by atoms with Crippen LogP contribution in [-0.2, 0) is 14.8 Å².